The zero-order valence-electron chi connectivity index (χ0n) is 12.8. The zero-order chi connectivity index (χ0) is 14.2. The number of fused-ring (bicyclic) bond motifs is 2. The van der Waals surface area contributed by atoms with Crippen LogP contribution in [0, 0.1) is 17.8 Å². The number of nitrogens with one attached hydrogen (secondary N) is 1. The van der Waals surface area contributed by atoms with E-state index < -0.39 is 0 Å². The van der Waals surface area contributed by atoms with Crippen LogP contribution in [0.25, 0.3) is 10.9 Å². The summed E-state index contributed by atoms with van der Waals surface area (Å²) >= 11 is 0. The molecule has 0 amide bonds. The van der Waals surface area contributed by atoms with Gasteiger partial charge < -0.3 is 5.32 Å². The summed E-state index contributed by atoms with van der Waals surface area (Å²) in [6.07, 6.45) is 8.93. The molecule has 2 fully saturated rings. The number of rotatable bonds is 4. The van der Waals surface area contributed by atoms with Crippen LogP contribution in [0.5, 0.6) is 0 Å². The van der Waals surface area contributed by atoms with Crippen LogP contribution < -0.4 is 5.32 Å². The molecule has 2 aliphatic carbocycles. The summed E-state index contributed by atoms with van der Waals surface area (Å²) in [6, 6.07) is 11.4. The van der Waals surface area contributed by atoms with Gasteiger partial charge in [0.05, 0.1) is 5.52 Å². The molecule has 1 aromatic heterocycles. The van der Waals surface area contributed by atoms with Gasteiger partial charge in [-0.3, -0.25) is 4.98 Å². The second-order valence-corrected chi connectivity index (χ2v) is 6.78. The van der Waals surface area contributed by atoms with Crippen LogP contribution in [0.4, 0.5) is 0 Å². The van der Waals surface area contributed by atoms with E-state index in [-0.39, 0.29) is 0 Å². The summed E-state index contributed by atoms with van der Waals surface area (Å²) in [4.78, 5) is 4.49. The van der Waals surface area contributed by atoms with Gasteiger partial charge in [-0.05, 0) is 61.8 Å². The summed E-state index contributed by atoms with van der Waals surface area (Å²) in [5.74, 6) is 2.91. The molecule has 1 heterocycles. The van der Waals surface area contributed by atoms with Gasteiger partial charge in [0.2, 0.25) is 0 Å². The summed E-state index contributed by atoms with van der Waals surface area (Å²) in [5, 5.41) is 4.94. The molecule has 21 heavy (non-hydrogen) atoms. The first kappa shape index (κ1) is 13.3. The molecular formula is C19H24N2. The largest absolute Gasteiger partial charge is 0.316 e. The van der Waals surface area contributed by atoms with Crippen molar-refractivity contribution >= 4 is 10.9 Å². The number of para-hydroxylation sites is 1. The molecule has 0 spiro atoms. The van der Waals surface area contributed by atoms with Crippen molar-refractivity contribution in [1.29, 1.82) is 0 Å². The fraction of sp³-hybridized carbons (Fsp3) is 0.526. The predicted octanol–water partition coefficient (Wildman–Crippen LogP) is 3.80. The van der Waals surface area contributed by atoms with Crippen LogP contribution in [0.15, 0.2) is 36.5 Å². The molecule has 2 saturated carbocycles. The normalized spacial score (nSPS) is 29.1. The molecule has 2 nitrogen and oxygen atoms in total. The maximum Gasteiger partial charge on any atom is 0.0704 e. The molecule has 4 rings (SSSR count). The van der Waals surface area contributed by atoms with E-state index in [2.05, 4.69) is 47.7 Å². The number of aromatic nitrogens is 1. The van der Waals surface area contributed by atoms with Crippen molar-refractivity contribution in [1.82, 2.24) is 10.3 Å². The minimum atomic E-state index is 0.629. The van der Waals surface area contributed by atoms with Gasteiger partial charge in [0.15, 0.2) is 0 Å². The topological polar surface area (TPSA) is 24.9 Å². The number of hydrogen-bond donors (Lipinski definition) is 1. The number of nitrogens with zero attached hydrogens (tertiary/aromatic N) is 1. The lowest BCUT2D eigenvalue weighted by Gasteiger charge is -2.18. The lowest BCUT2D eigenvalue weighted by atomic mass is 9.97. The van der Waals surface area contributed by atoms with E-state index in [1.54, 1.807) is 0 Å². The summed E-state index contributed by atoms with van der Waals surface area (Å²) in [7, 11) is 2.14. The smallest absolute Gasteiger partial charge is 0.0704 e. The van der Waals surface area contributed by atoms with Gasteiger partial charge in [-0.1, -0.05) is 31.0 Å². The highest BCUT2D eigenvalue weighted by molar-refractivity contribution is 5.81. The van der Waals surface area contributed by atoms with Crippen molar-refractivity contribution < 1.29 is 0 Å². The highest BCUT2D eigenvalue weighted by Crippen LogP contribution is 2.57. The Labute approximate surface area is 127 Å². The number of hydrogen-bond acceptors (Lipinski definition) is 2. The summed E-state index contributed by atoms with van der Waals surface area (Å²) < 4.78 is 0. The molecule has 110 valence electrons. The molecule has 3 atom stereocenters. The van der Waals surface area contributed by atoms with Crippen LogP contribution >= 0.6 is 0 Å². The van der Waals surface area contributed by atoms with E-state index in [0.29, 0.717) is 6.04 Å². The molecule has 2 heteroatoms. The summed E-state index contributed by atoms with van der Waals surface area (Å²) in [5.41, 5.74) is 2.57. The highest BCUT2D eigenvalue weighted by Gasteiger charge is 2.53. The predicted molar refractivity (Wildman–Crippen MR) is 87.2 cm³/mol. The maximum absolute atomic E-state index is 4.49. The zero-order valence-corrected chi connectivity index (χ0v) is 12.8. The van der Waals surface area contributed by atoms with Gasteiger partial charge >= 0.3 is 0 Å². The molecule has 2 aromatic rings. The molecule has 0 aliphatic heterocycles. The Kier molecular flexibility index (Phi) is 3.42. The Balaban J connectivity index is 1.58. The minimum absolute atomic E-state index is 0.629. The Morgan fingerprint density at radius 2 is 1.90 bits per heavy atom. The van der Waals surface area contributed by atoms with E-state index in [9.17, 15) is 0 Å². The number of likely N-dealkylation sites (N-methyl/N-ethyl adjacent to an activating group) is 1. The van der Waals surface area contributed by atoms with Crippen molar-refractivity contribution in [3.63, 3.8) is 0 Å². The van der Waals surface area contributed by atoms with Crippen LogP contribution in [-0.4, -0.2) is 18.1 Å². The average molecular weight is 280 g/mol. The molecule has 0 bridgehead atoms. The SMILES string of the molecule is CNC(Cc1ccnc2ccccc12)C1C2CCCCC21. The standard InChI is InChI=1S/C19H24N2/c1-20-18(19-15-7-2-3-8-16(15)19)12-13-10-11-21-17-9-5-4-6-14(13)17/h4-6,9-11,15-16,18-20H,2-3,7-8,12H2,1H3. The van der Waals surface area contributed by atoms with E-state index in [1.165, 1.54) is 36.6 Å². The van der Waals surface area contributed by atoms with E-state index in [4.69, 9.17) is 0 Å². The number of pyridine rings is 1. The van der Waals surface area contributed by atoms with Crippen molar-refractivity contribution in [2.24, 2.45) is 17.8 Å². The molecule has 2 aliphatic rings. The Morgan fingerprint density at radius 3 is 2.67 bits per heavy atom. The Hall–Kier alpha value is -1.41. The van der Waals surface area contributed by atoms with Gasteiger partial charge in [0, 0.05) is 17.6 Å². The van der Waals surface area contributed by atoms with E-state index in [0.717, 1.165) is 29.7 Å². The quantitative estimate of drug-likeness (QED) is 0.921. The first-order chi connectivity index (χ1) is 10.4. The van der Waals surface area contributed by atoms with Crippen LogP contribution in [0.1, 0.15) is 31.2 Å². The molecule has 0 radical (unpaired) electrons. The Bertz CT molecular complexity index is 619. The first-order valence-corrected chi connectivity index (χ1v) is 8.38. The summed E-state index contributed by atoms with van der Waals surface area (Å²) in [6.45, 7) is 0. The third-order valence-corrected chi connectivity index (χ3v) is 5.74. The molecule has 3 unspecified atom stereocenters. The highest BCUT2D eigenvalue weighted by atomic mass is 14.9. The molecule has 1 N–H and O–H groups in total. The minimum Gasteiger partial charge on any atom is -0.316 e. The third kappa shape index (κ3) is 2.36. The maximum atomic E-state index is 4.49. The van der Waals surface area contributed by atoms with Crippen molar-refractivity contribution in [2.75, 3.05) is 7.05 Å². The lowest BCUT2D eigenvalue weighted by Crippen LogP contribution is -2.31. The van der Waals surface area contributed by atoms with Gasteiger partial charge in [-0.15, -0.1) is 0 Å². The van der Waals surface area contributed by atoms with Crippen molar-refractivity contribution in [3.05, 3.63) is 42.1 Å². The van der Waals surface area contributed by atoms with Gasteiger partial charge in [-0.2, -0.15) is 0 Å². The molecule has 0 saturated heterocycles. The Morgan fingerprint density at radius 1 is 1.14 bits per heavy atom. The van der Waals surface area contributed by atoms with Crippen LogP contribution in [0.2, 0.25) is 0 Å². The van der Waals surface area contributed by atoms with Gasteiger partial charge in [-0.25, -0.2) is 0 Å². The molecule has 1 aromatic carbocycles. The third-order valence-electron chi connectivity index (χ3n) is 5.74. The van der Waals surface area contributed by atoms with Crippen molar-refractivity contribution in [3.8, 4) is 0 Å². The van der Waals surface area contributed by atoms with E-state index in [1.807, 2.05) is 6.20 Å². The van der Waals surface area contributed by atoms with Crippen LogP contribution in [-0.2, 0) is 6.42 Å². The van der Waals surface area contributed by atoms with Crippen molar-refractivity contribution in [2.45, 2.75) is 38.1 Å². The monoisotopic (exact) mass is 280 g/mol. The average Bonchev–Trinajstić information content (AvgIpc) is 3.27. The lowest BCUT2D eigenvalue weighted by molar-refractivity contribution is 0.461. The van der Waals surface area contributed by atoms with Gasteiger partial charge in [0.25, 0.3) is 0 Å². The van der Waals surface area contributed by atoms with Gasteiger partial charge in [0.1, 0.15) is 0 Å². The second-order valence-electron chi connectivity index (χ2n) is 6.78. The fourth-order valence-corrected chi connectivity index (χ4v) is 4.65. The van der Waals surface area contributed by atoms with Crippen LogP contribution in [0.3, 0.4) is 0 Å². The number of benzene rings is 1. The second kappa shape index (κ2) is 5.42. The van der Waals surface area contributed by atoms with E-state index >= 15 is 0 Å². The fourth-order valence-electron chi connectivity index (χ4n) is 4.65. The molecular weight excluding hydrogens is 256 g/mol. The first-order valence-electron chi connectivity index (χ1n) is 8.38.